The van der Waals surface area contributed by atoms with Gasteiger partial charge in [-0.25, -0.2) is 9.98 Å². The van der Waals surface area contributed by atoms with Crippen LogP contribution in [-0.4, -0.2) is 31.1 Å². The van der Waals surface area contributed by atoms with E-state index >= 15 is 0 Å². The Hall–Kier alpha value is -3.46. The molecule has 0 unspecified atom stereocenters. The zero-order valence-electron chi connectivity index (χ0n) is 14.3. The first-order valence-corrected chi connectivity index (χ1v) is 9.08. The summed E-state index contributed by atoms with van der Waals surface area (Å²) in [5.74, 6) is -0.181. The Morgan fingerprint density at radius 3 is 2.85 bits per heavy atom. The van der Waals surface area contributed by atoms with Crippen LogP contribution in [0.4, 0.5) is 5.13 Å². The van der Waals surface area contributed by atoms with Crippen LogP contribution in [0.25, 0.3) is 22.2 Å². The highest BCUT2D eigenvalue weighted by Gasteiger charge is 2.22. The van der Waals surface area contributed by atoms with E-state index < -0.39 is 11.1 Å². The number of rotatable bonds is 4. The summed E-state index contributed by atoms with van der Waals surface area (Å²) in [7, 11) is 0. The molecular formula is C18H15N5O3S. The second-order valence-corrected chi connectivity index (χ2v) is 6.60. The summed E-state index contributed by atoms with van der Waals surface area (Å²) >= 11 is 1.32. The normalized spacial score (nSPS) is 11.6. The van der Waals surface area contributed by atoms with Crippen LogP contribution >= 0.6 is 11.3 Å². The van der Waals surface area contributed by atoms with Crippen molar-refractivity contribution >= 4 is 33.6 Å². The number of hydrogen-bond donors (Lipinski definition) is 3. The maximum Gasteiger partial charge on any atom is 0.273 e. The second-order valence-electron chi connectivity index (χ2n) is 5.73. The molecule has 27 heavy (non-hydrogen) atoms. The lowest BCUT2D eigenvalue weighted by Crippen LogP contribution is -2.22. The molecule has 9 heteroatoms. The Morgan fingerprint density at radius 1 is 1.30 bits per heavy atom. The van der Waals surface area contributed by atoms with Crippen molar-refractivity contribution in [2.24, 2.45) is 4.99 Å². The number of nitrogens with zero attached hydrogens (tertiary/aromatic N) is 3. The molecule has 0 aliphatic carbocycles. The topological polar surface area (TPSA) is 116 Å². The molecule has 8 nitrogen and oxygen atoms in total. The van der Waals surface area contributed by atoms with Gasteiger partial charge in [0.25, 0.3) is 11.1 Å². The summed E-state index contributed by atoms with van der Waals surface area (Å²) < 4.78 is 1.55. The van der Waals surface area contributed by atoms with Gasteiger partial charge in [-0.2, -0.15) is 0 Å². The molecule has 0 fully saturated rings. The molecule has 0 aliphatic heterocycles. The number of fused-ring (bicyclic) bond motifs is 1. The van der Waals surface area contributed by atoms with E-state index in [1.165, 1.54) is 17.6 Å². The van der Waals surface area contributed by atoms with E-state index in [0.717, 1.165) is 0 Å². The standard InChI is InChI=1S/C18H15N5O3S/c1-2-23-12-6-4-3-5-10(12)15(24)13(17(23)26)14-11(16(25)22-21-14)9-20-18-19-7-8-27-18/h3-9,24H,2H2,1H3,(H2,21,22,25). The van der Waals surface area contributed by atoms with Crippen molar-refractivity contribution in [2.45, 2.75) is 13.5 Å². The van der Waals surface area contributed by atoms with Gasteiger partial charge >= 0.3 is 0 Å². The molecule has 4 aromatic rings. The number of aryl methyl sites for hydroxylation is 1. The molecule has 3 heterocycles. The van der Waals surface area contributed by atoms with E-state index in [-0.39, 0.29) is 22.6 Å². The van der Waals surface area contributed by atoms with Gasteiger partial charge in [0, 0.05) is 29.7 Å². The smallest absolute Gasteiger partial charge is 0.273 e. The third-order valence-corrected chi connectivity index (χ3v) is 4.93. The highest BCUT2D eigenvalue weighted by atomic mass is 32.1. The van der Waals surface area contributed by atoms with Crippen molar-refractivity contribution in [2.75, 3.05) is 0 Å². The van der Waals surface area contributed by atoms with Gasteiger partial charge < -0.3 is 9.67 Å². The minimum Gasteiger partial charge on any atom is -0.506 e. The van der Waals surface area contributed by atoms with Crippen LogP contribution in [0.5, 0.6) is 5.75 Å². The van der Waals surface area contributed by atoms with Crippen LogP contribution in [0.3, 0.4) is 0 Å². The van der Waals surface area contributed by atoms with Crippen LogP contribution in [-0.2, 0) is 6.54 Å². The minimum absolute atomic E-state index is 0.0227. The predicted molar refractivity (Wildman–Crippen MR) is 105 cm³/mol. The lowest BCUT2D eigenvalue weighted by molar-refractivity contribution is 0.481. The number of pyridine rings is 1. The molecule has 136 valence electrons. The third kappa shape index (κ3) is 2.77. The van der Waals surface area contributed by atoms with Gasteiger partial charge in [0.15, 0.2) is 0 Å². The summed E-state index contributed by atoms with van der Waals surface area (Å²) in [6.45, 7) is 2.27. The fourth-order valence-corrected chi connectivity index (χ4v) is 3.49. The fraction of sp³-hybridized carbons (Fsp3) is 0.111. The Morgan fingerprint density at radius 2 is 2.11 bits per heavy atom. The molecule has 0 amide bonds. The molecule has 0 radical (unpaired) electrons. The van der Waals surface area contributed by atoms with Crippen molar-refractivity contribution in [3.8, 4) is 17.0 Å². The zero-order valence-corrected chi connectivity index (χ0v) is 15.1. The van der Waals surface area contributed by atoms with Crippen LogP contribution in [0.15, 0.2) is 50.4 Å². The van der Waals surface area contributed by atoms with Gasteiger partial charge in [-0.3, -0.25) is 19.8 Å². The molecule has 3 N–H and O–H groups in total. The highest BCUT2D eigenvalue weighted by Crippen LogP contribution is 2.32. The first-order chi connectivity index (χ1) is 13.1. The minimum atomic E-state index is -0.444. The number of aliphatic imine (C=N–C) groups is 1. The maximum atomic E-state index is 13.0. The molecule has 0 atom stereocenters. The molecule has 0 saturated carbocycles. The average Bonchev–Trinajstić information content (AvgIpc) is 3.31. The number of aromatic hydroxyl groups is 1. The number of para-hydroxylation sites is 1. The molecule has 4 rings (SSSR count). The monoisotopic (exact) mass is 381 g/mol. The van der Waals surface area contributed by atoms with Gasteiger partial charge in [0.2, 0.25) is 5.13 Å². The van der Waals surface area contributed by atoms with Gasteiger partial charge in [-0.05, 0) is 19.1 Å². The molecule has 0 saturated heterocycles. The summed E-state index contributed by atoms with van der Waals surface area (Å²) in [5.41, 5.74) is 0.149. The SMILES string of the molecule is CCn1c(=O)c(-c2[nH][nH]c(=O)c2C=Nc2nccs2)c(O)c2ccccc21. The number of benzene rings is 1. The van der Waals surface area contributed by atoms with Crippen molar-refractivity contribution in [3.05, 3.63) is 62.1 Å². The van der Waals surface area contributed by atoms with E-state index in [0.29, 0.717) is 22.6 Å². The van der Waals surface area contributed by atoms with Crippen LogP contribution in [0.1, 0.15) is 12.5 Å². The lowest BCUT2D eigenvalue weighted by atomic mass is 10.0. The Kier molecular flexibility index (Phi) is 4.21. The molecule has 0 spiro atoms. The van der Waals surface area contributed by atoms with Crippen molar-refractivity contribution in [1.82, 2.24) is 19.7 Å². The van der Waals surface area contributed by atoms with E-state index in [4.69, 9.17) is 0 Å². The molecular weight excluding hydrogens is 366 g/mol. The van der Waals surface area contributed by atoms with E-state index in [9.17, 15) is 14.7 Å². The van der Waals surface area contributed by atoms with Crippen LogP contribution in [0.2, 0.25) is 0 Å². The van der Waals surface area contributed by atoms with Gasteiger partial charge in [0.05, 0.1) is 16.8 Å². The quantitative estimate of drug-likeness (QED) is 0.471. The zero-order chi connectivity index (χ0) is 19.0. The first-order valence-electron chi connectivity index (χ1n) is 8.21. The van der Waals surface area contributed by atoms with Crippen molar-refractivity contribution < 1.29 is 5.11 Å². The summed E-state index contributed by atoms with van der Waals surface area (Å²) in [6, 6.07) is 7.08. The summed E-state index contributed by atoms with van der Waals surface area (Å²) in [4.78, 5) is 33.5. The van der Waals surface area contributed by atoms with E-state index in [1.807, 2.05) is 6.92 Å². The summed E-state index contributed by atoms with van der Waals surface area (Å²) in [5, 5.41) is 18.7. The second kappa shape index (κ2) is 6.69. The molecule has 3 aromatic heterocycles. The van der Waals surface area contributed by atoms with E-state index in [2.05, 4.69) is 20.2 Å². The predicted octanol–water partition coefficient (Wildman–Crippen LogP) is 2.62. The lowest BCUT2D eigenvalue weighted by Gasteiger charge is -2.13. The molecule has 0 bridgehead atoms. The maximum absolute atomic E-state index is 13.0. The highest BCUT2D eigenvalue weighted by molar-refractivity contribution is 7.13. The number of nitrogens with one attached hydrogen (secondary N) is 2. The fourth-order valence-electron chi connectivity index (χ4n) is 3.02. The van der Waals surface area contributed by atoms with E-state index in [1.54, 1.807) is 40.4 Å². The molecule has 1 aromatic carbocycles. The Bertz CT molecular complexity index is 1260. The number of hydrogen-bond acceptors (Lipinski definition) is 6. The summed E-state index contributed by atoms with van der Waals surface area (Å²) in [6.07, 6.45) is 2.95. The largest absolute Gasteiger partial charge is 0.506 e. The molecule has 0 aliphatic rings. The van der Waals surface area contributed by atoms with Gasteiger partial charge in [0.1, 0.15) is 11.3 Å². The van der Waals surface area contributed by atoms with Crippen LogP contribution in [0, 0.1) is 0 Å². The number of H-pyrrole nitrogens is 2. The number of aromatic nitrogens is 4. The number of aromatic amines is 2. The first kappa shape index (κ1) is 17.0. The van der Waals surface area contributed by atoms with Crippen molar-refractivity contribution in [1.29, 1.82) is 0 Å². The average molecular weight is 381 g/mol. The van der Waals surface area contributed by atoms with Gasteiger partial charge in [-0.15, -0.1) is 11.3 Å². The van der Waals surface area contributed by atoms with Gasteiger partial charge in [-0.1, -0.05) is 12.1 Å². The Labute approximate surface area is 156 Å². The Balaban J connectivity index is 1.99. The number of thiazole rings is 1. The third-order valence-electron chi connectivity index (χ3n) is 4.25. The van der Waals surface area contributed by atoms with Crippen molar-refractivity contribution in [3.63, 3.8) is 0 Å². The van der Waals surface area contributed by atoms with Crippen LogP contribution < -0.4 is 11.1 Å².